The summed E-state index contributed by atoms with van der Waals surface area (Å²) in [5.74, 6) is -0.643. The van der Waals surface area contributed by atoms with Gasteiger partial charge in [-0.2, -0.15) is 13.2 Å². The molecule has 0 aliphatic heterocycles. The van der Waals surface area contributed by atoms with Crippen molar-refractivity contribution in [1.82, 2.24) is 4.72 Å². The van der Waals surface area contributed by atoms with Crippen LogP contribution in [0.5, 0.6) is 0 Å². The van der Waals surface area contributed by atoms with Gasteiger partial charge in [-0.1, -0.05) is 0 Å². The van der Waals surface area contributed by atoms with Gasteiger partial charge in [0.05, 0.1) is 10.5 Å². The van der Waals surface area contributed by atoms with Crippen LogP contribution in [0.4, 0.5) is 13.2 Å². The molecule has 0 aromatic heterocycles. The summed E-state index contributed by atoms with van der Waals surface area (Å²) in [6.45, 7) is 0. The first kappa shape index (κ1) is 17.7. The number of nitrogens with one attached hydrogen (secondary N) is 1. The van der Waals surface area contributed by atoms with E-state index in [1.807, 2.05) is 0 Å². The fraction of sp³-hybridized carbons (Fsp3) is 0.500. The fourth-order valence-electron chi connectivity index (χ4n) is 2.61. The molecule has 1 amide bonds. The molecular formula is C14H17F3N2O3S. The van der Waals surface area contributed by atoms with Crippen molar-refractivity contribution >= 4 is 15.9 Å². The van der Waals surface area contributed by atoms with Crippen LogP contribution in [0.25, 0.3) is 0 Å². The Kier molecular flexibility index (Phi) is 5.00. The molecule has 1 aromatic rings. The maximum absolute atomic E-state index is 12.5. The minimum absolute atomic E-state index is 0.220. The molecule has 9 heteroatoms. The number of amides is 1. The molecule has 23 heavy (non-hydrogen) atoms. The average Bonchev–Trinajstić information content (AvgIpc) is 2.46. The molecule has 1 aliphatic carbocycles. The van der Waals surface area contributed by atoms with Crippen LogP contribution >= 0.6 is 0 Å². The molecule has 1 fully saturated rings. The first-order valence-electron chi connectivity index (χ1n) is 7.08. The SMILES string of the molecule is NC(=O)C1CCC(NS(=O)(=O)c2ccc(C(F)(F)F)cc2)CC1. The summed E-state index contributed by atoms with van der Waals surface area (Å²) in [5, 5.41) is 0. The van der Waals surface area contributed by atoms with E-state index in [4.69, 9.17) is 5.73 Å². The second kappa shape index (κ2) is 6.48. The van der Waals surface area contributed by atoms with E-state index in [9.17, 15) is 26.4 Å². The van der Waals surface area contributed by atoms with Crippen LogP contribution in [0, 0.1) is 5.92 Å². The Labute approximate surface area is 132 Å². The molecule has 2 rings (SSSR count). The van der Waals surface area contributed by atoms with Crippen molar-refractivity contribution < 1.29 is 26.4 Å². The van der Waals surface area contributed by atoms with E-state index in [0.29, 0.717) is 25.7 Å². The number of benzene rings is 1. The zero-order valence-corrected chi connectivity index (χ0v) is 13.0. The second-order valence-electron chi connectivity index (χ2n) is 5.59. The highest BCUT2D eigenvalue weighted by Gasteiger charge is 2.31. The fourth-order valence-corrected chi connectivity index (χ4v) is 3.91. The third-order valence-corrected chi connectivity index (χ3v) is 5.48. The van der Waals surface area contributed by atoms with Gasteiger partial charge in [-0.15, -0.1) is 0 Å². The predicted molar refractivity (Wildman–Crippen MR) is 76.7 cm³/mol. The van der Waals surface area contributed by atoms with Gasteiger partial charge in [-0.3, -0.25) is 4.79 Å². The molecule has 1 aromatic carbocycles. The Balaban J connectivity index is 2.04. The van der Waals surface area contributed by atoms with Crippen molar-refractivity contribution in [2.24, 2.45) is 11.7 Å². The molecule has 0 heterocycles. The van der Waals surface area contributed by atoms with E-state index in [0.717, 1.165) is 24.3 Å². The summed E-state index contributed by atoms with van der Waals surface area (Å²) in [7, 11) is -3.89. The van der Waals surface area contributed by atoms with Crippen molar-refractivity contribution in [3.05, 3.63) is 29.8 Å². The van der Waals surface area contributed by atoms with E-state index in [1.165, 1.54) is 0 Å². The van der Waals surface area contributed by atoms with Crippen molar-refractivity contribution in [2.45, 2.75) is 42.8 Å². The molecule has 0 spiro atoms. The molecule has 5 nitrogen and oxygen atoms in total. The van der Waals surface area contributed by atoms with Gasteiger partial charge in [-0.05, 0) is 49.9 Å². The maximum Gasteiger partial charge on any atom is 0.416 e. The monoisotopic (exact) mass is 350 g/mol. The molecule has 0 unspecified atom stereocenters. The number of halogens is 3. The van der Waals surface area contributed by atoms with Crippen LogP contribution in [-0.4, -0.2) is 20.4 Å². The zero-order chi connectivity index (χ0) is 17.3. The van der Waals surface area contributed by atoms with Crippen molar-refractivity contribution in [2.75, 3.05) is 0 Å². The molecule has 1 aliphatic rings. The molecule has 0 radical (unpaired) electrons. The lowest BCUT2D eigenvalue weighted by Gasteiger charge is -2.27. The molecule has 1 saturated carbocycles. The highest BCUT2D eigenvalue weighted by atomic mass is 32.2. The summed E-state index contributed by atoms with van der Waals surface area (Å²) in [5.41, 5.74) is 4.31. The van der Waals surface area contributed by atoms with Crippen LogP contribution in [-0.2, 0) is 21.0 Å². The number of hydrogen-bond acceptors (Lipinski definition) is 3. The van der Waals surface area contributed by atoms with Gasteiger partial charge in [0.1, 0.15) is 0 Å². The molecule has 3 N–H and O–H groups in total. The van der Waals surface area contributed by atoms with Crippen LogP contribution in [0.1, 0.15) is 31.2 Å². The second-order valence-corrected chi connectivity index (χ2v) is 7.31. The Morgan fingerprint density at radius 1 is 1.09 bits per heavy atom. The number of sulfonamides is 1. The van der Waals surface area contributed by atoms with Gasteiger partial charge >= 0.3 is 6.18 Å². The van der Waals surface area contributed by atoms with Crippen LogP contribution < -0.4 is 10.5 Å². The smallest absolute Gasteiger partial charge is 0.369 e. The lowest BCUT2D eigenvalue weighted by Crippen LogP contribution is -2.39. The Morgan fingerprint density at radius 2 is 1.61 bits per heavy atom. The lowest BCUT2D eigenvalue weighted by atomic mass is 9.86. The maximum atomic E-state index is 12.5. The number of hydrogen-bond donors (Lipinski definition) is 2. The lowest BCUT2D eigenvalue weighted by molar-refractivity contribution is -0.137. The van der Waals surface area contributed by atoms with E-state index in [1.54, 1.807) is 0 Å². The number of carbonyl (C=O) groups is 1. The largest absolute Gasteiger partial charge is 0.416 e. The number of primary amides is 1. The number of nitrogens with two attached hydrogens (primary N) is 1. The minimum atomic E-state index is -4.51. The Bertz CT molecular complexity index is 664. The van der Waals surface area contributed by atoms with Crippen molar-refractivity contribution in [3.63, 3.8) is 0 Å². The molecule has 128 valence electrons. The van der Waals surface area contributed by atoms with E-state index >= 15 is 0 Å². The quantitative estimate of drug-likeness (QED) is 0.871. The highest BCUT2D eigenvalue weighted by molar-refractivity contribution is 7.89. The average molecular weight is 350 g/mol. The van der Waals surface area contributed by atoms with Gasteiger partial charge in [0.15, 0.2) is 0 Å². The van der Waals surface area contributed by atoms with E-state index < -0.39 is 27.7 Å². The van der Waals surface area contributed by atoms with Crippen LogP contribution in [0.15, 0.2) is 29.2 Å². The van der Waals surface area contributed by atoms with Gasteiger partial charge in [0.2, 0.25) is 15.9 Å². The molecular weight excluding hydrogens is 333 g/mol. The molecule has 0 atom stereocenters. The summed E-state index contributed by atoms with van der Waals surface area (Å²) in [6.07, 6.45) is -2.59. The van der Waals surface area contributed by atoms with E-state index in [-0.39, 0.29) is 16.9 Å². The van der Waals surface area contributed by atoms with Crippen molar-refractivity contribution in [3.8, 4) is 0 Å². The summed E-state index contributed by atoms with van der Waals surface area (Å²) < 4.78 is 64.3. The topological polar surface area (TPSA) is 89.3 Å². The van der Waals surface area contributed by atoms with Crippen LogP contribution in [0.2, 0.25) is 0 Å². The number of carbonyl (C=O) groups excluding carboxylic acids is 1. The highest BCUT2D eigenvalue weighted by Crippen LogP contribution is 2.30. The van der Waals surface area contributed by atoms with Gasteiger partial charge in [0, 0.05) is 12.0 Å². The summed E-state index contributed by atoms with van der Waals surface area (Å²) in [6, 6.07) is 2.98. The predicted octanol–water partition coefficient (Wildman–Crippen LogP) is 2.03. The standard InChI is InChI=1S/C14H17F3N2O3S/c15-14(16,17)10-3-7-12(8-4-10)23(21,22)19-11-5-1-9(2-6-11)13(18)20/h3-4,7-9,11,19H,1-2,5-6H2,(H2,18,20). The molecule has 0 saturated heterocycles. The van der Waals surface area contributed by atoms with Gasteiger partial charge in [0.25, 0.3) is 0 Å². The van der Waals surface area contributed by atoms with E-state index in [2.05, 4.69) is 4.72 Å². The van der Waals surface area contributed by atoms with Crippen LogP contribution in [0.3, 0.4) is 0 Å². The number of rotatable bonds is 4. The first-order valence-corrected chi connectivity index (χ1v) is 8.57. The van der Waals surface area contributed by atoms with Gasteiger partial charge < -0.3 is 5.73 Å². The van der Waals surface area contributed by atoms with Gasteiger partial charge in [-0.25, -0.2) is 13.1 Å². The molecule has 0 bridgehead atoms. The normalized spacial score (nSPS) is 22.7. The third kappa shape index (κ3) is 4.44. The first-order chi connectivity index (χ1) is 10.6. The summed E-state index contributed by atoms with van der Waals surface area (Å²) >= 11 is 0. The Hall–Kier alpha value is -1.61. The zero-order valence-electron chi connectivity index (χ0n) is 12.1. The Morgan fingerprint density at radius 3 is 2.04 bits per heavy atom. The summed E-state index contributed by atoms with van der Waals surface area (Å²) in [4.78, 5) is 10.9. The minimum Gasteiger partial charge on any atom is -0.369 e. The third-order valence-electron chi connectivity index (χ3n) is 3.94. The van der Waals surface area contributed by atoms with Crippen molar-refractivity contribution in [1.29, 1.82) is 0 Å². The number of alkyl halides is 3.